The van der Waals surface area contributed by atoms with Crippen molar-refractivity contribution in [3.05, 3.63) is 71.3 Å². The van der Waals surface area contributed by atoms with E-state index in [1.807, 2.05) is 75.4 Å². The van der Waals surface area contributed by atoms with Gasteiger partial charge in [0.25, 0.3) is 0 Å². The van der Waals surface area contributed by atoms with Gasteiger partial charge in [0.1, 0.15) is 0 Å². The summed E-state index contributed by atoms with van der Waals surface area (Å²) < 4.78 is 27.2. The average molecular weight is 403 g/mol. The Morgan fingerprint density at radius 2 is 1.61 bits per heavy atom. The molecule has 0 aromatic heterocycles. The Morgan fingerprint density at radius 3 is 2.25 bits per heavy atom. The molecule has 0 radical (unpaired) electrons. The quantitative estimate of drug-likeness (QED) is 0.445. The van der Waals surface area contributed by atoms with Crippen LogP contribution in [0.25, 0.3) is 0 Å². The van der Waals surface area contributed by atoms with Gasteiger partial charge in [-0.25, -0.2) is 18.1 Å². The third-order valence-electron chi connectivity index (χ3n) is 3.93. The second-order valence-electron chi connectivity index (χ2n) is 6.83. The van der Waals surface area contributed by atoms with E-state index in [2.05, 4.69) is 20.3 Å². The van der Waals surface area contributed by atoms with E-state index in [0.717, 1.165) is 23.2 Å². The van der Waals surface area contributed by atoms with Gasteiger partial charge in [-0.3, -0.25) is 0 Å². The Morgan fingerprint density at radius 1 is 0.964 bits per heavy atom. The highest BCUT2D eigenvalue weighted by Crippen LogP contribution is 2.12. The van der Waals surface area contributed by atoms with Gasteiger partial charge in [0.2, 0.25) is 10.0 Å². The van der Waals surface area contributed by atoms with Crippen LogP contribution in [0.4, 0.5) is 0 Å². The molecule has 6 nitrogen and oxygen atoms in total. The van der Waals surface area contributed by atoms with Crippen LogP contribution in [0.5, 0.6) is 0 Å². The van der Waals surface area contributed by atoms with Crippen molar-refractivity contribution >= 4 is 16.0 Å². The Balaban J connectivity index is 2.07. The first-order valence-corrected chi connectivity index (χ1v) is 11.2. The molecule has 0 saturated heterocycles. The normalized spacial score (nSPS) is 12.2. The van der Waals surface area contributed by atoms with E-state index in [9.17, 15) is 8.42 Å². The smallest absolute Gasteiger partial charge is 0.216 e. The minimum absolute atomic E-state index is 0.0409. The van der Waals surface area contributed by atoms with Gasteiger partial charge in [-0.2, -0.15) is 0 Å². The van der Waals surface area contributed by atoms with Crippen LogP contribution in [0.3, 0.4) is 0 Å². The zero-order valence-electron chi connectivity index (χ0n) is 16.8. The minimum atomic E-state index is -3.38. The minimum Gasteiger partial charge on any atom is -0.357 e. The van der Waals surface area contributed by atoms with Gasteiger partial charge in [-0.05, 0) is 37.5 Å². The molecule has 0 atom stereocenters. The third kappa shape index (κ3) is 7.70. The maximum absolute atomic E-state index is 12.3. The van der Waals surface area contributed by atoms with Crippen molar-refractivity contribution in [2.45, 2.75) is 45.7 Å². The topological polar surface area (TPSA) is 82.6 Å². The van der Waals surface area contributed by atoms with Crippen LogP contribution >= 0.6 is 0 Å². The summed E-state index contributed by atoms with van der Waals surface area (Å²) >= 11 is 0. The summed E-state index contributed by atoms with van der Waals surface area (Å²) in [5.41, 5.74) is 2.84. The van der Waals surface area contributed by atoms with Crippen molar-refractivity contribution < 1.29 is 8.42 Å². The summed E-state index contributed by atoms with van der Waals surface area (Å²) in [5, 5.41) is 6.52. The molecule has 152 valence electrons. The van der Waals surface area contributed by atoms with Crippen molar-refractivity contribution in [3.63, 3.8) is 0 Å². The Kier molecular flexibility index (Phi) is 8.47. The SMILES string of the molecule is CCNC(=NCc1ccccc1)NCc1ccccc1CS(=O)(=O)NC(C)C. The number of hydrogen-bond donors (Lipinski definition) is 3. The lowest BCUT2D eigenvalue weighted by Gasteiger charge is -2.15. The van der Waals surface area contributed by atoms with Gasteiger partial charge in [0.05, 0.1) is 12.3 Å². The molecule has 0 spiro atoms. The van der Waals surface area contributed by atoms with E-state index in [4.69, 9.17) is 0 Å². The second kappa shape index (κ2) is 10.8. The predicted molar refractivity (Wildman–Crippen MR) is 115 cm³/mol. The van der Waals surface area contributed by atoms with Gasteiger partial charge in [-0.1, -0.05) is 54.6 Å². The molecule has 3 N–H and O–H groups in total. The summed E-state index contributed by atoms with van der Waals surface area (Å²) in [6.07, 6.45) is 0. The van der Waals surface area contributed by atoms with E-state index in [1.54, 1.807) is 0 Å². The van der Waals surface area contributed by atoms with E-state index in [1.165, 1.54) is 0 Å². The maximum Gasteiger partial charge on any atom is 0.216 e. The van der Waals surface area contributed by atoms with Crippen LogP contribution in [0.15, 0.2) is 59.6 Å². The maximum atomic E-state index is 12.3. The fraction of sp³-hybridized carbons (Fsp3) is 0.381. The van der Waals surface area contributed by atoms with Crippen LogP contribution in [0.1, 0.15) is 37.5 Å². The summed E-state index contributed by atoms with van der Waals surface area (Å²) in [6, 6.07) is 17.5. The molecule has 0 heterocycles. The summed E-state index contributed by atoms with van der Waals surface area (Å²) in [7, 11) is -3.38. The zero-order valence-corrected chi connectivity index (χ0v) is 17.6. The lowest BCUT2D eigenvalue weighted by molar-refractivity contribution is 0.568. The standard InChI is InChI=1S/C21H30N4O2S/c1-4-22-21(23-14-18-10-6-5-7-11-18)24-15-19-12-8-9-13-20(19)16-28(26,27)25-17(2)3/h5-13,17,25H,4,14-16H2,1-3H3,(H2,22,23,24). The lowest BCUT2D eigenvalue weighted by atomic mass is 10.1. The lowest BCUT2D eigenvalue weighted by Crippen LogP contribution is -2.37. The highest BCUT2D eigenvalue weighted by Gasteiger charge is 2.15. The molecule has 0 bridgehead atoms. The fourth-order valence-electron chi connectivity index (χ4n) is 2.75. The van der Waals surface area contributed by atoms with Crippen molar-refractivity contribution in [1.29, 1.82) is 0 Å². The van der Waals surface area contributed by atoms with E-state index >= 15 is 0 Å². The Labute approximate surface area is 168 Å². The highest BCUT2D eigenvalue weighted by atomic mass is 32.2. The third-order valence-corrected chi connectivity index (χ3v) is 5.45. The van der Waals surface area contributed by atoms with E-state index in [0.29, 0.717) is 19.0 Å². The summed E-state index contributed by atoms with van der Waals surface area (Å²) in [5.74, 6) is 0.658. The molecule has 0 amide bonds. The first kappa shape index (κ1) is 21.9. The monoisotopic (exact) mass is 402 g/mol. The number of nitrogens with zero attached hydrogens (tertiary/aromatic N) is 1. The largest absolute Gasteiger partial charge is 0.357 e. The highest BCUT2D eigenvalue weighted by molar-refractivity contribution is 7.88. The number of guanidine groups is 1. The van der Waals surface area contributed by atoms with Crippen molar-refractivity contribution in [3.8, 4) is 0 Å². The van der Waals surface area contributed by atoms with E-state index < -0.39 is 10.0 Å². The number of sulfonamides is 1. The zero-order chi connectivity index (χ0) is 20.4. The molecule has 2 aromatic carbocycles. The molecule has 7 heteroatoms. The van der Waals surface area contributed by atoms with Crippen LogP contribution in [-0.4, -0.2) is 27.0 Å². The molecule has 0 saturated carbocycles. The number of hydrogen-bond acceptors (Lipinski definition) is 3. The number of nitrogens with one attached hydrogen (secondary N) is 3. The summed E-state index contributed by atoms with van der Waals surface area (Å²) in [6.45, 7) is 7.46. The molecule has 0 fully saturated rings. The van der Waals surface area contributed by atoms with Crippen molar-refractivity contribution in [2.75, 3.05) is 6.54 Å². The molecule has 0 unspecified atom stereocenters. The molecule has 28 heavy (non-hydrogen) atoms. The van der Waals surface area contributed by atoms with Gasteiger partial charge >= 0.3 is 0 Å². The number of aliphatic imine (C=N–C) groups is 1. The predicted octanol–water partition coefficient (Wildman–Crippen LogP) is 2.77. The first-order chi connectivity index (χ1) is 13.4. The Bertz CT molecular complexity index is 865. The fourth-order valence-corrected chi connectivity index (χ4v) is 4.24. The molecule has 0 aliphatic heterocycles. The van der Waals surface area contributed by atoms with Crippen LogP contribution in [0, 0.1) is 0 Å². The van der Waals surface area contributed by atoms with E-state index in [-0.39, 0.29) is 11.8 Å². The first-order valence-electron chi connectivity index (χ1n) is 9.52. The van der Waals surface area contributed by atoms with Crippen molar-refractivity contribution in [2.24, 2.45) is 4.99 Å². The van der Waals surface area contributed by atoms with Crippen LogP contribution in [-0.2, 0) is 28.9 Å². The van der Waals surface area contributed by atoms with Crippen molar-refractivity contribution in [1.82, 2.24) is 15.4 Å². The molecule has 2 rings (SSSR count). The number of benzene rings is 2. The second-order valence-corrected chi connectivity index (χ2v) is 8.59. The van der Waals surface area contributed by atoms with Crippen LogP contribution in [0.2, 0.25) is 0 Å². The molecule has 0 aliphatic rings. The van der Waals surface area contributed by atoms with Gasteiger partial charge in [-0.15, -0.1) is 0 Å². The van der Waals surface area contributed by atoms with Gasteiger partial charge in [0.15, 0.2) is 5.96 Å². The molecular weight excluding hydrogens is 372 g/mol. The van der Waals surface area contributed by atoms with Gasteiger partial charge < -0.3 is 10.6 Å². The number of rotatable bonds is 9. The Hall–Kier alpha value is -2.38. The summed E-state index contributed by atoms with van der Waals surface area (Å²) in [4.78, 5) is 4.61. The molecule has 0 aliphatic carbocycles. The van der Waals surface area contributed by atoms with Crippen LogP contribution < -0.4 is 15.4 Å². The molecular formula is C21H30N4O2S. The average Bonchev–Trinajstić information content (AvgIpc) is 2.64. The van der Waals surface area contributed by atoms with Gasteiger partial charge in [0, 0.05) is 19.1 Å². The molecule has 2 aromatic rings.